The summed E-state index contributed by atoms with van der Waals surface area (Å²) >= 11 is 0. The molecule has 2 aliphatic heterocycles. The van der Waals surface area contributed by atoms with Gasteiger partial charge in [0.15, 0.2) is 11.5 Å². The van der Waals surface area contributed by atoms with E-state index in [4.69, 9.17) is 4.74 Å². The molecule has 3 aromatic rings. The summed E-state index contributed by atoms with van der Waals surface area (Å²) in [5, 5.41) is 36.8. The Morgan fingerprint density at radius 2 is 2.11 bits per heavy atom. The van der Waals surface area contributed by atoms with Gasteiger partial charge in [-0.2, -0.15) is 5.26 Å². The van der Waals surface area contributed by atoms with Crippen LogP contribution in [0, 0.1) is 17.2 Å². The minimum Gasteiger partial charge on any atom is -0.504 e. The maximum atomic E-state index is 13.7. The van der Waals surface area contributed by atoms with Crippen molar-refractivity contribution in [2.45, 2.75) is 67.7 Å². The zero-order valence-electron chi connectivity index (χ0n) is 21.0. The molecule has 38 heavy (non-hydrogen) atoms. The molecule has 0 unspecified atom stereocenters. The van der Waals surface area contributed by atoms with Gasteiger partial charge in [0, 0.05) is 23.5 Å². The Bertz CT molecular complexity index is 1550. The van der Waals surface area contributed by atoms with E-state index in [-0.39, 0.29) is 23.7 Å². The molecule has 8 nitrogen and oxygen atoms in total. The van der Waals surface area contributed by atoms with Crippen LogP contribution >= 0.6 is 0 Å². The fourth-order valence-electron chi connectivity index (χ4n) is 8.28. The van der Waals surface area contributed by atoms with Gasteiger partial charge >= 0.3 is 0 Å². The number of aromatic amines is 1. The number of ether oxygens (including phenoxy) is 1. The third-order valence-corrected chi connectivity index (χ3v) is 10.1. The van der Waals surface area contributed by atoms with Crippen molar-refractivity contribution >= 4 is 16.8 Å². The van der Waals surface area contributed by atoms with E-state index < -0.39 is 17.1 Å². The predicted molar refractivity (Wildman–Crippen MR) is 139 cm³/mol. The number of hydrogen-bond acceptors (Lipinski definition) is 6. The van der Waals surface area contributed by atoms with Crippen LogP contribution in [0.15, 0.2) is 36.4 Å². The van der Waals surface area contributed by atoms with Crippen molar-refractivity contribution < 1.29 is 19.7 Å². The number of benzene rings is 2. The smallest absolute Gasteiger partial charge is 0.253 e. The molecular formula is C30H30N4O4. The molecule has 1 aromatic heterocycles. The average Bonchev–Trinajstić information content (AvgIpc) is 3.50. The summed E-state index contributed by atoms with van der Waals surface area (Å²) in [4.78, 5) is 19.2. The largest absolute Gasteiger partial charge is 0.504 e. The minimum atomic E-state index is -0.987. The maximum absolute atomic E-state index is 13.7. The number of nitrogens with zero attached hydrogens (tertiary/aromatic N) is 2. The number of carbonyl (C=O) groups is 1. The molecule has 0 radical (unpaired) electrons. The molecule has 1 spiro atoms. The van der Waals surface area contributed by atoms with Crippen molar-refractivity contribution in [3.63, 3.8) is 0 Å². The van der Waals surface area contributed by atoms with E-state index in [2.05, 4.69) is 21.3 Å². The molecule has 3 aliphatic carbocycles. The number of nitriles is 1. The van der Waals surface area contributed by atoms with Crippen molar-refractivity contribution in [3.8, 4) is 17.6 Å². The SMILES string of the molecule is N#Cc1cc2cccc(C(=O)N[C@H]3CC[C@@]4(O)[C@H]5Cc6ccc(O)c7c6[C@@]4(CCN5CC4CC4)[C@H]3O7)c2[nH]1. The van der Waals surface area contributed by atoms with E-state index in [0.29, 0.717) is 35.4 Å². The van der Waals surface area contributed by atoms with Crippen molar-refractivity contribution in [2.75, 3.05) is 13.1 Å². The van der Waals surface area contributed by atoms with Gasteiger partial charge in [-0.1, -0.05) is 18.2 Å². The number of aromatic nitrogens is 1. The summed E-state index contributed by atoms with van der Waals surface area (Å²) in [6.07, 6.45) is 4.67. The number of aliphatic hydroxyl groups is 1. The van der Waals surface area contributed by atoms with Gasteiger partial charge < -0.3 is 25.3 Å². The number of likely N-dealkylation sites (tertiary alicyclic amines) is 1. The fraction of sp³-hybridized carbons (Fsp3) is 0.467. The third-order valence-electron chi connectivity index (χ3n) is 10.1. The first-order valence-corrected chi connectivity index (χ1v) is 13.7. The van der Waals surface area contributed by atoms with Crippen molar-refractivity contribution in [3.05, 3.63) is 58.8 Å². The van der Waals surface area contributed by atoms with Crippen molar-refractivity contribution in [2.24, 2.45) is 5.92 Å². The van der Waals surface area contributed by atoms with Gasteiger partial charge in [-0.3, -0.25) is 9.69 Å². The summed E-state index contributed by atoms with van der Waals surface area (Å²) in [5.74, 6) is 1.06. The molecule has 8 heteroatoms. The first kappa shape index (κ1) is 22.4. The number of fused-ring (bicyclic) bond motifs is 1. The van der Waals surface area contributed by atoms with Gasteiger partial charge in [0.1, 0.15) is 17.9 Å². The molecule has 3 fully saturated rings. The van der Waals surface area contributed by atoms with Gasteiger partial charge in [-0.15, -0.1) is 0 Å². The zero-order chi connectivity index (χ0) is 25.8. The lowest BCUT2D eigenvalue weighted by molar-refractivity contribution is -0.191. The van der Waals surface area contributed by atoms with Crippen LogP contribution in [0.2, 0.25) is 0 Å². The van der Waals surface area contributed by atoms with Crippen molar-refractivity contribution in [1.82, 2.24) is 15.2 Å². The lowest BCUT2D eigenvalue weighted by Crippen LogP contribution is -2.78. The highest BCUT2D eigenvalue weighted by Gasteiger charge is 2.73. The molecule has 1 saturated heterocycles. The minimum absolute atomic E-state index is 0.000311. The van der Waals surface area contributed by atoms with Gasteiger partial charge in [-0.05, 0) is 74.8 Å². The highest BCUT2D eigenvalue weighted by Crippen LogP contribution is 2.65. The van der Waals surface area contributed by atoms with Crippen molar-refractivity contribution in [1.29, 1.82) is 5.26 Å². The Balaban J connectivity index is 1.19. The Morgan fingerprint density at radius 3 is 2.92 bits per heavy atom. The number of para-hydroxylation sites is 1. The number of rotatable bonds is 4. The topological polar surface area (TPSA) is 122 Å². The van der Waals surface area contributed by atoms with E-state index in [1.807, 2.05) is 18.2 Å². The van der Waals surface area contributed by atoms with Crippen LogP contribution in [0.5, 0.6) is 11.5 Å². The number of hydrogen-bond donors (Lipinski definition) is 4. The predicted octanol–water partition coefficient (Wildman–Crippen LogP) is 3.11. The molecular weight excluding hydrogens is 480 g/mol. The second-order valence-corrected chi connectivity index (χ2v) is 12.0. The van der Waals surface area contributed by atoms with Crippen LogP contribution in [0.25, 0.3) is 10.9 Å². The van der Waals surface area contributed by atoms with Crippen LogP contribution in [0.1, 0.15) is 59.3 Å². The number of H-pyrrole nitrogens is 1. The number of carbonyl (C=O) groups excluding carboxylic acids is 1. The zero-order valence-corrected chi connectivity index (χ0v) is 21.0. The third kappa shape index (κ3) is 2.78. The number of nitrogens with one attached hydrogen (secondary N) is 2. The number of aromatic hydroxyl groups is 1. The summed E-state index contributed by atoms with van der Waals surface area (Å²) in [6, 6.07) is 12.7. The molecule has 2 saturated carbocycles. The fourth-order valence-corrected chi connectivity index (χ4v) is 8.28. The molecule has 4 N–H and O–H groups in total. The lowest BCUT2D eigenvalue weighted by atomic mass is 9.48. The van der Waals surface area contributed by atoms with E-state index in [1.165, 1.54) is 12.8 Å². The van der Waals surface area contributed by atoms with Gasteiger partial charge in [0.2, 0.25) is 0 Å². The number of phenols is 1. The van der Waals surface area contributed by atoms with E-state index in [9.17, 15) is 20.3 Å². The van der Waals surface area contributed by atoms with Crippen LogP contribution in [-0.4, -0.2) is 62.9 Å². The maximum Gasteiger partial charge on any atom is 0.253 e. The standard InChI is InChI=1S/C30H30N4O4/c31-14-19-12-18-2-1-3-20(25(18)32-19)28(36)33-21-8-9-30(37)23-13-17-6-7-22(35)26-24(17)29(30,27(21)38-26)10-11-34(23)15-16-4-5-16/h1-3,6-7,12,16,21,23,27,32,35,37H,4-5,8-11,13,15H2,(H,33,36)/t21-,23+,27-,29-,30+/m0/s1. The van der Waals surface area contributed by atoms with Gasteiger partial charge in [0.05, 0.1) is 28.1 Å². The summed E-state index contributed by atoms with van der Waals surface area (Å²) < 4.78 is 6.57. The molecule has 194 valence electrons. The normalized spacial score (nSPS) is 32.9. The first-order chi connectivity index (χ1) is 18.4. The van der Waals surface area contributed by atoms with Crippen LogP contribution in [0.4, 0.5) is 0 Å². The molecule has 2 bridgehead atoms. The van der Waals surface area contributed by atoms with Crippen LogP contribution in [0.3, 0.4) is 0 Å². The van der Waals surface area contributed by atoms with E-state index in [1.54, 1.807) is 18.2 Å². The Labute approximate surface area is 220 Å². The molecule has 1 amide bonds. The Kier molecular flexibility index (Phi) is 4.44. The van der Waals surface area contributed by atoms with Gasteiger partial charge in [-0.25, -0.2) is 0 Å². The first-order valence-electron chi connectivity index (χ1n) is 13.7. The quantitative estimate of drug-likeness (QED) is 0.428. The highest BCUT2D eigenvalue weighted by atomic mass is 16.5. The molecule has 5 aliphatic rings. The van der Waals surface area contributed by atoms with E-state index >= 15 is 0 Å². The second kappa shape index (κ2) is 7.52. The molecule has 8 rings (SSSR count). The molecule has 2 aromatic carbocycles. The lowest BCUT2D eigenvalue weighted by Gasteiger charge is -2.64. The van der Waals surface area contributed by atoms with Crippen LogP contribution in [-0.2, 0) is 11.8 Å². The average molecular weight is 511 g/mol. The number of piperidine rings is 1. The van der Waals surface area contributed by atoms with Crippen LogP contribution < -0.4 is 10.1 Å². The van der Waals surface area contributed by atoms with E-state index in [0.717, 1.165) is 48.4 Å². The monoisotopic (exact) mass is 510 g/mol. The molecule has 5 atom stereocenters. The highest BCUT2D eigenvalue weighted by molar-refractivity contribution is 6.06. The Hall–Kier alpha value is -3.54. The van der Waals surface area contributed by atoms with Gasteiger partial charge in [0.25, 0.3) is 5.91 Å². The second-order valence-electron chi connectivity index (χ2n) is 12.0. The summed E-state index contributed by atoms with van der Waals surface area (Å²) in [5.41, 5.74) is 1.95. The molecule has 3 heterocycles. The summed E-state index contributed by atoms with van der Waals surface area (Å²) in [6.45, 7) is 1.90. The number of amides is 1. The summed E-state index contributed by atoms with van der Waals surface area (Å²) in [7, 11) is 0. The number of phenolic OH excluding ortho intramolecular Hbond substituents is 1. The Morgan fingerprint density at radius 1 is 1.24 bits per heavy atom.